The molecule has 0 fully saturated rings. The van der Waals surface area contributed by atoms with Gasteiger partial charge < -0.3 is 15.5 Å². The minimum absolute atomic E-state index is 0.116. The van der Waals surface area contributed by atoms with Crippen molar-refractivity contribution in [3.05, 3.63) is 158 Å². The molecular weight excluding hydrogens is 747 g/mol. The molecule has 1 amide bonds. The molecule has 0 saturated heterocycles. The summed E-state index contributed by atoms with van der Waals surface area (Å²) in [7, 11) is 0. The normalized spacial score (nSPS) is 14.4. The van der Waals surface area contributed by atoms with Gasteiger partial charge >= 0.3 is 0 Å². The molecule has 4 nitrogen and oxygen atoms in total. The van der Waals surface area contributed by atoms with E-state index in [0.29, 0.717) is 6.42 Å². The molecule has 0 rings (SSSR count). The molecule has 0 spiro atoms. The Morgan fingerprint density at radius 1 is 0.410 bits per heavy atom. The van der Waals surface area contributed by atoms with E-state index in [0.717, 1.165) is 109 Å². The third kappa shape index (κ3) is 46.9. The minimum atomic E-state index is -0.867. The summed E-state index contributed by atoms with van der Waals surface area (Å²) in [5, 5.41) is 22.9. The lowest BCUT2D eigenvalue weighted by Gasteiger charge is -2.19. The van der Waals surface area contributed by atoms with Crippen LogP contribution in [0.2, 0.25) is 0 Å². The Labute approximate surface area is 376 Å². The molecule has 3 N–H and O–H groups in total. The van der Waals surface area contributed by atoms with E-state index in [1.54, 1.807) is 6.08 Å². The molecular formula is C57H89NO3. The predicted molar refractivity (Wildman–Crippen MR) is 271 cm³/mol. The molecule has 0 aromatic rings. The number of unbranched alkanes of at least 4 members (excludes halogenated alkanes) is 10. The minimum Gasteiger partial charge on any atom is -0.394 e. The Bertz CT molecular complexity index is 1360. The number of rotatable bonds is 41. The highest BCUT2D eigenvalue weighted by Crippen LogP contribution is 2.11. The second kappa shape index (κ2) is 50.4. The fourth-order valence-electron chi connectivity index (χ4n) is 6.10. The average Bonchev–Trinajstić information content (AvgIpc) is 3.26. The fraction of sp³-hybridized carbons (Fsp3) is 0.526. The van der Waals surface area contributed by atoms with Crippen LogP contribution < -0.4 is 5.32 Å². The van der Waals surface area contributed by atoms with Gasteiger partial charge in [0.1, 0.15) is 0 Å². The number of carbonyl (C=O) groups is 1. The van der Waals surface area contributed by atoms with Crippen molar-refractivity contribution < 1.29 is 15.0 Å². The third-order valence-corrected chi connectivity index (χ3v) is 9.77. The smallest absolute Gasteiger partial charge is 0.220 e. The van der Waals surface area contributed by atoms with Gasteiger partial charge in [-0.1, -0.05) is 217 Å². The van der Waals surface area contributed by atoms with E-state index in [4.69, 9.17) is 0 Å². The van der Waals surface area contributed by atoms with Crippen LogP contribution in [-0.4, -0.2) is 34.9 Å². The molecule has 0 saturated carbocycles. The van der Waals surface area contributed by atoms with Crippen LogP contribution in [-0.2, 0) is 4.79 Å². The van der Waals surface area contributed by atoms with Crippen LogP contribution in [0.25, 0.3) is 0 Å². The number of amides is 1. The third-order valence-electron chi connectivity index (χ3n) is 9.77. The molecule has 2 atom stereocenters. The first-order valence-electron chi connectivity index (χ1n) is 24.2. The second-order valence-corrected chi connectivity index (χ2v) is 15.4. The largest absolute Gasteiger partial charge is 0.394 e. The summed E-state index contributed by atoms with van der Waals surface area (Å²) in [6.07, 6.45) is 82.3. The summed E-state index contributed by atoms with van der Waals surface area (Å²) in [5.74, 6) is -0.116. The zero-order valence-electron chi connectivity index (χ0n) is 38.9. The monoisotopic (exact) mass is 836 g/mol. The number of aliphatic hydroxyl groups is 2. The van der Waals surface area contributed by atoms with Crippen molar-refractivity contribution in [1.82, 2.24) is 5.32 Å². The number of carbonyl (C=O) groups excluding carboxylic acids is 1. The predicted octanol–water partition coefficient (Wildman–Crippen LogP) is 15.8. The standard InChI is InChI=1S/C57H89NO3/c1-3-5-7-9-11-13-15-16-17-18-19-20-21-22-23-24-25-26-27-28-29-30-31-32-33-34-35-36-37-38-39-40-41-42-43-45-47-49-51-53-57(61)58-55(54-59)56(60)52-50-48-46-44-14-12-10-8-6-4-2/h5,7,11,13,16-17,19-20,22-23,25-26,28-29,31-32,34-35,37-38,40-41,43,45,50,52,55-56,59-60H,3-4,6,8-10,12,14-15,18,21,24,27,30,33,36,39,42,44,46-49,51,53-54H2,1-2H3,(H,58,61)/b7-5-,13-11-,17-16-,20-19-,23-22-,26-25-,29-28-,32-31-,35-34-,38-37-,41-40-,45-43-,52-50+. The van der Waals surface area contributed by atoms with Crippen molar-refractivity contribution >= 4 is 5.91 Å². The highest BCUT2D eigenvalue weighted by atomic mass is 16.3. The van der Waals surface area contributed by atoms with Crippen LogP contribution in [0.4, 0.5) is 0 Å². The molecule has 0 aliphatic rings. The lowest BCUT2D eigenvalue weighted by atomic mass is 10.1. The number of nitrogens with one attached hydrogen (secondary N) is 1. The van der Waals surface area contributed by atoms with E-state index in [1.165, 1.54) is 44.9 Å². The summed E-state index contributed by atoms with van der Waals surface area (Å²) in [6, 6.07) is -0.655. The van der Waals surface area contributed by atoms with Crippen LogP contribution in [0.1, 0.15) is 174 Å². The lowest BCUT2D eigenvalue weighted by Crippen LogP contribution is -2.45. The van der Waals surface area contributed by atoms with Crippen molar-refractivity contribution in [3.8, 4) is 0 Å². The van der Waals surface area contributed by atoms with Gasteiger partial charge in [-0.25, -0.2) is 0 Å². The van der Waals surface area contributed by atoms with E-state index in [1.807, 2.05) is 6.08 Å². The van der Waals surface area contributed by atoms with Gasteiger partial charge in [-0.3, -0.25) is 4.79 Å². The second-order valence-electron chi connectivity index (χ2n) is 15.4. The number of allylic oxidation sites excluding steroid dienone is 25. The molecule has 2 unspecified atom stereocenters. The average molecular weight is 836 g/mol. The quantitative estimate of drug-likeness (QED) is 0.0424. The summed E-state index contributed by atoms with van der Waals surface area (Å²) in [6.45, 7) is 4.13. The van der Waals surface area contributed by atoms with Gasteiger partial charge in [0.05, 0.1) is 18.8 Å². The number of aliphatic hydroxyl groups excluding tert-OH is 2. The van der Waals surface area contributed by atoms with Crippen molar-refractivity contribution in [2.45, 2.75) is 187 Å². The van der Waals surface area contributed by atoms with Crippen molar-refractivity contribution in [2.75, 3.05) is 6.61 Å². The Balaban J connectivity index is 3.76. The Morgan fingerprint density at radius 2 is 0.721 bits per heavy atom. The molecule has 0 aromatic carbocycles. The van der Waals surface area contributed by atoms with Crippen LogP contribution in [0.3, 0.4) is 0 Å². The first-order valence-corrected chi connectivity index (χ1v) is 24.2. The van der Waals surface area contributed by atoms with Crippen LogP contribution in [0.15, 0.2) is 158 Å². The highest BCUT2D eigenvalue weighted by molar-refractivity contribution is 5.76. The first kappa shape index (κ1) is 57.0. The maximum Gasteiger partial charge on any atom is 0.220 e. The maximum absolute atomic E-state index is 12.3. The zero-order chi connectivity index (χ0) is 44.2. The summed E-state index contributed by atoms with van der Waals surface area (Å²) in [4.78, 5) is 12.3. The number of hydrogen-bond donors (Lipinski definition) is 3. The molecule has 0 aromatic heterocycles. The molecule has 0 heterocycles. The van der Waals surface area contributed by atoms with Crippen molar-refractivity contribution in [2.24, 2.45) is 0 Å². The van der Waals surface area contributed by atoms with Crippen molar-refractivity contribution in [3.63, 3.8) is 0 Å². The molecule has 340 valence electrons. The summed E-state index contributed by atoms with van der Waals surface area (Å²) < 4.78 is 0. The fourth-order valence-corrected chi connectivity index (χ4v) is 6.10. The SMILES string of the molecule is CC/C=C\C/C=C\C/C=C\C/C=C\C/C=C\C/C=C\C/C=C\C/C=C\C/C=C\C/C=C\C/C=C\C/C=C\CCCCC(=O)NC(CO)C(O)/C=C/CCCCCCCCCC. The Kier molecular flexibility index (Phi) is 47.1. The van der Waals surface area contributed by atoms with Crippen molar-refractivity contribution in [1.29, 1.82) is 0 Å². The maximum atomic E-state index is 12.3. The molecule has 61 heavy (non-hydrogen) atoms. The van der Waals surface area contributed by atoms with Crippen LogP contribution in [0.5, 0.6) is 0 Å². The van der Waals surface area contributed by atoms with Gasteiger partial charge in [-0.2, -0.15) is 0 Å². The van der Waals surface area contributed by atoms with Gasteiger partial charge in [-0.05, 0) is 109 Å². The molecule has 0 radical (unpaired) electrons. The molecule has 0 aliphatic heterocycles. The van der Waals surface area contributed by atoms with Crippen LogP contribution >= 0.6 is 0 Å². The van der Waals surface area contributed by atoms with E-state index in [-0.39, 0.29) is 12.5 Å². The first-order chi connectivity index (χ1) is 30.2. The molecule has 0 bridgehead atoms. The Morgan fingerprint density at radius 3 is 1.08 bits per heavy atom. The highest BCUT2D eigenvalue weighted by Gasteiger charge is 2.17. The van der Waals surface area contributed by atoms with E-state index >= 15 is 0 Å². The molecule has 4 heteroatoms. The van der Waals surface area contributed by atoms with E-state index < -0.39 is 12.1 Å². The molecule has 0 aliphatic carbocycles. The van der Waals surface area contributed by atoms with Crippen LogP contribution in [0, 0.1) is 0 Å². The van der Waals surface area contributed by atoms with E-state index in [9.17, 15) is 15.0 Å². The zero-order valence-corrected chi connectivity index (χ0v) is 38.9. The summed E-state index contributed by atoms with van der Waals surface area (Å²) in [5.41, 5.74) is 0. The van der Waals surface area contributed by atoms with Gasteiger partial charge in [0.2, 0.25) is 5.91 Å². The summed E-state index contributed by atoms with van der Waals surface area (Å²) >= 11 is 0. The van der Waals surface area contributed by atoms with E-state index in [2.05, 4.69) is 165 Å². The Hall–Kier alpha value is -3.99. The topological polar surface area (TPSA) is 69.6 Å². The van der Waals surface area contributed by atoms with Gasteiger partial charge in [0.15, 0.2) is 0 Å². The van der Waals surface area contributed by atoms with Gasteiger partial charge in [-0.15, -0.1) is 0 Å². The number of hydrogen-bond acceptors (Lipinski definition) is 3. The van der Waals surface area contributed by atoms with Gasteiger partial charge in [0.25, 0.3) is 0 Å². The lowest BCUT2D eigenvalue weighted by molar-refractivity contribution is -0.123. The van der Waals surface area contributed by atoms with Gasteiger partial charge in [0, 0.05) is 6.42 Å².